The van der Waals surface area contributed by atoms with Crippen LogP contribution in [0.3, 0.4) is 0 Å². The van der Waals surface area contributed by atoms with E-state index in [1.807, 2.05) is 0 Å². The van der Waals surface area contributed by atoms with Gasteiger partial charge in [0, 0.05) is 10.9 Å². The third kappa shape index (κ3) is 2.00. The third-order valence-corrected chi connectivity index (χ3v) is 4.29. The molecule has 1 aliphatic carbocycles. The highest BCUT2D eigenvalue weighted by molar-refractivity contribution is 7.18. The number of nitrogens with zero attached hydrogens (tertiary/aromatic N) is 2. The largest absolute Gasteiger partial charge is 0.474 e. The zero-order chi connectivity index (χ0) is 11.8. The van der Waals surface area contributed by atoms with Crippen molar-refractivity contribution >= 4 is 21.6 Å². The first-order valence-electron chi connectivity index (χ1n) is 5.92. The summed E-state index contributed by atoms with van der Waals surface area (Å²) in [6, 6.07) is 2.43. The van der Waals surface area contributed by atoms with Crippen LogP contribution in [0.15, 0.2) is 12.4 Å². The van der Waals surface area contributed by atoms with Gasteiger partial charge in [-0.1, -0.05) is 6.92 Å². The molecule has 90 valence electrons. The molecule has 5 heteroatoms. The van der Waals surface area contributed by atoms with Gasteiger partial charge in [0.05, 0.1) is 5.39 Å². The summed E-state index contributed by atoms with van der Waals surface area (Å²) in [5.74, 6) is 0.711. The fourth-order valence-corrected chi connectivity index (χ4v) is 2.94. The van der Waals surface area contributed by atoms with Crippen LogP contribution in [0.5, 0.6) is 5.88 Å². The van der Waals surface area contributed by atoms with Crippen molar-refractivity contribution in [3.05, 3.63) is 17.3 Å². The fraction of sp³-hybridized carbons (Fsp3) is 0.500. The number of ether oxygens (including phenoxy) is 1. The maximum atomic E-state index is 5.87. The maximum Gasteiger partial charge on any atom is 0.225 e. The lowest BCUT2D eigenvalue weighted by Gasteiger charge is -2.32. The zero-order valence-electron chi connectivity index (χ0n) is 9.72. The van der Waals surface area contributed by atoms with Gasteiger partial charge < -0.3 is 10.5 Å². The van der Waals surface area contributed by atoms with Crippen LogP contribution in [0.25, 0.3) is 10.2 Å². The van der Waals surface area contributed by atoms with E-state index in [0.717, 1.165) is 29.5 Å². The molecule has 0 spiro atoms. The number of hydrogen-bond acceptors (Lipinski definition) is 5. The van der Waals surface area contributed by atoms with E-state index in [9.17, 15) is 0 Å². The summed E-state index contributed by atoms with van der Waals surface area (Å²) in [6.45, 7) is 2.14. The Morgan fingerprint density at radius 1 is 1.47 bits per heavy atom. The van der Waals surface area contributed by atoms with Crippen LogP contribution in [-0.2, 0) is 6.42 Å². The average molecular weight is 249 g/mol. The predicted molar refractivity (Wildman–Crippen MR) is 68.4 cm³/mol. The molecule has 0 saturated heterocycles. The van der Waals surface area contributed by atoms with Crippen molar-refractivity contribution in [3.8, 4) is 5.88 Å². The molecule has 3 rings (SSSR count). The summed E-state index contributed by atoms with van der Waals surface area (Å²) in [5.41, 5.74) is 5.75. The summed E-state index contributed by atoms with van der Waals surface area (Å²) in [6.07, 6.45) is 4.68. The molecule has 2 N–H and O–H groups in total. The minimum absolute atomic E-state index is 0.230. The molecule has 4 nitrogen and oxygen atoms in total. The molecule has 0 aliphatic heterocycles. The highest BCUT2D eigenvalue weighted by Gasteiger charge is 2.28. The molecule has 0 atom stereocenters. The van der Waals surface area contributed by atoms with Crippen LogP contribution in [0, 0.1) is 0 Å². The zero-order valence-corrected chi connectivity index (χ0v) is 10.5. The lowest BCUT2D eigenvalue weighted by Crippen LogP contribution is -2.43. The van der Waals surface area contributed by atoms with E-state index in [1.54, 1.807) is 17.7 Å². The van der Waals surface area contributed by atoms with Gasteiger partial charge in [-0.2, -0.15) is 0 Å². The van der Waals surface area contributed by atoms with Gasteiger partial charge in [0.15, 0.2) is 0 Å². The van der Waals surface area contributed by atoms with E-state index < -0.39 is 0 Å². The van der Waals surface area contributed by atoms with Gasteiger partial charge >= 0.3 is 0 Å². The number of hydrogen-bond donors (Lipinski definition) is 1. The van der Waals surface area contributed by atoms with E-state index in [4.69, 9.17) is 10.5 Å². The molecule has 1 aliphatic rings. The molecule has 1 fully saturated rings. The van der Waals surface area contributed by atoms with Crippen LogP contribution >= 0.6 is 11.3 Å². The quantitative estimate of drug-likeness (QED) is 0.905. The monoisotopic (exact) mass is 249 g/mol. The first-order chi connectivity index (χ1) is 8.26. The topological polar surface area (TPSA) is 61.0 Å². The molecule has 0 amide bonds. The standard InChI is InChI=1S/C12H15N3OS/c1-2-9-5-10-11(14-6-15-12(10)17-9)16-8-3-7(13)4-8/h5-8H,2-4,13H2,1H3. The number of nitrogens with two attached hydrogens (primary N) is 1. The number of fused-ring (bicyclic) bond motifs is 1. The molecule has 0 radical (unpaired) electrons. The summed E-state index contributed by atoms with van der Waals surface area (Å²) in [5, 5.41) is 1.04. The Balaban J connectivity index is 1.90. The highest BCUT2D eigenvalue weighted by Crippen LogP contribution is 2.32. The van der Waals surface area contributed by atoms with Crippen LogP contribution in [0.1, 0.15) is 24.6 Å². The second-order valence-electron chi connectivity index (χ2n) is 4.44. The average Bonchev–Trinajstić information content (AvgIpc) is 2.71. The molecular weight excluding hydrogens is 234 g/mol. The molecule has 17 heavy (non-hydrogen) atoms. The third-order valence-electron chi connectivity index (χ3n) is 3.10. The highest BCUT2D eigenvalue weighted by atomic mass is 32.1. The maximum absolute atomic E-state index is 5.87. The van der Waals surface area contributed by atoms with Gasteiger partial charge in [0.1, 0.15) is 17.3 Å². The lowest BCUT2D eigenvalue weighted by atomic mass is 9.90. The van der Waals surface area contributed by atoms with E-state index in [2.05, 4.69) is 23.0 Å². The molecule has 0 unspecified atom stereocenters. The Hall–Kier alpha value is -1.20. The second-order valence-corrected chi connectivity index (χ2v) is 5.55. The number of thiophene rings is 1. The molecular formula is C12H15N3OS. The van der Waals surface area contributed by atoms with Gasteiger partial charge in [0.25, 0.3) is 0 Å². The summed E-state index contributed by atoms with van der Waals surface area (Å²) >= 11 is 1.71. The second kappa shape index (κ2) is 4.23. The number of aryl methyl sites for hydroxylation is 1. The van der Waals surface area contributed by atoms with Crippen LogP contribution < -0.4 is 10.5 Å². The van der Waals surface area contributed by atoms with E-state index in [-0.39, 0.29) is 6.10 Å². The summed E-state index contributed by atoms with van der Waals surface area (Å²) in [4.78, 5) is 10.8. The van der Waals surface area contributed by atoms with Gasteiger partial charge in [0.2, 0.25) is 5.88 Å². The van der Waals surface area contributed by atoms with Crippen LogP contribution in [0.4, 0.5) is 0 Å². The molecule has 2 aromatic rings. The molecule has 2 aromatic heterocycles. The van der Waals surface area contributed by atoms with Crippen molar-refractivity contribution < 1.29 is 4.74 Å². The van der Waals surface area contributed by atoms with Crippen molar-refractivity contribution in [2.45, 2.75) is 38.3 Å². The molecule has 2 heterocycles. The SMILES string of the molecule is CCc1cc2c(OC3CC(N)C3)ncnc2s1. The van der Waals surface area contributed by atoms with E-state index in [0.29, 0.717) is 11.9 Å². The Kier molecular flexibility index (Phi) is 2.72. The van der Waals surface area contributed by atoms with Gasteiger partial charge in [-0.15, -0.1) is 11.3 Å². The van der Waals surface area contributed by atoms with Crippen molar-refractivity contribution in [2.24, 2.45) is 5.73 Å². The van der Waals surface area contributed by atoms with Crippen LogP contribution in [-0.4, -0.2) is 22.1 Å². The van der Waals surface area contributed by atoms with Crippen molar-refractivity contribution in [2.75, 3.05) is 0 Å². The normalized spacial score (nSPS) is 23.6. The Bertz CT molecular complexity index is 534. The minimum Gasteiger partial charge on any atom is -0.474 e. The molecule has 0 bridgehead atoms. The van der Waals surface area contributed by atoms with Crippen molar-refractivity contribution in [3.63, 3.8) is 0 Å². The van der Waals surface area contributed by atoms with Gasteiger partial charge in [-0.05, 0) is 25.3 Å². The molecule has 1 saturated carbocycles. The lowest BCUT2D eigenvalue weighted by molar-refractivity contribution is 0.0976. The van der Waals surface area contributed by atoms with Gasteiger partial charge in [-0.25, -0.2) is 9.97 Å². The molecule has 0 aromatic carbocycles. The predicted octanol–water partition coefficient (Wildman–Crippen LogP) is 2.12. The Morgan fingerprint density at radius 3 is 3.00 bits per heavy atom. The van der Waals surface area contributed by atoms with E-state index >= 15 is 0 Å². The Labute approximate surface area is 104 Å². The first-order valence-corrected chi connectivity index (χ1v) is 6.73. The van der Waals surface area contributed by atoms with Crippen molar-refractivity contribution in [1.82, 2.24) is 9.97 Å². The number of rotatable bonds is 3. The van der Waals surface area contributed by atoms with Gasteiger partial charge in [-0.3, -0.25) is 0 Å². The van der Waals surface area contributed by atoms with Crippen molar-refractivity contribution in [1.29, 1.82) is 0 Å². The van der Waals surface area contributed by atoms with E-state index in [1.165, 1.54) is 4.88 Å². The number of aromatic nitrogens is 2. The fourth-order valence-electron chi connectivity index (χ4n) is 2.01. The summed E-state index contributed by atoms with van der Waals surface area (Å²) in [7, 11) is 0. The first kappa shape index (κ1) is 10.9. The minimum atomic E-state index is 0.230. The smallest absolute Gasteiger partial charge is 0.225 e. The summed E-state index contributed by atoms with van der Waals surface area (Å²) < 4.78 is 5.87. The van der Waals surface area contributed by atoms with Crippen LogP contribution in [0.2, 0.25) is 0 Å². The Morgan fingerprint density at radius 2 is 2.29 bits per heavy atom.